The first-order valence-corrected chi connectivity index (χ1v) is 13.0. The molecule has 0 spiro atoms. The van der Waals surface area contributed by atoms with E-state index in [1.54, 1.807) is 20.8 Å². The summed E-state index contributed by atoms with van der Waals surface area (Å²) in [5.74, 6) is 0.237. The summed E-state index contributed by atoms with van der Waals surface area (Å²) < 4.78 is 17.7. The Morgan fingerprint density at radius 1 is 0.889 bits per heavy atom. The van der Waals surface area contributed by atoms with Gasteiger partial charge < -0.3 is 19.5 Å². The van der Waals surface area contributed by atoms with E-state index < -0.39 is 29.8 Å². The zero-order valence-electron chi connectivity index (χ0n) is 23.0. The molecule has 1 N–H and O–H groups in total. The molecule has 0 heterocycles. The fraction of sp³-hybridized carbons (Fsp3) is 0.533. The molecule has 0 aliphatic carbocycles. The Bertz CT molecular complexity index is 963. The minimum Gasteiger partial charge on any atom is -0.486 e. The largest absolute Gasteiger partial charge is 0.486 e. The molecule has 0 bridgehead atoms. The lowest BCUT2D eigenvalue weighted by Crippen LogP contribution is -2.49. The van der Waals surface area contributed by atoms with Gasteiger partial charge in [-0.2, -0.15) is 0 Å². The predicted molar refractivity (Wildman–Crippen MR) is 144 cm³/mol. The summed E-state index contributed by atoms with van der Waals surface area (Å²) in [5.41, 5.74) is 1.50. The number of rotatable bonds is 11. The number of ether oxygens (including phenoxy) is 3. The number of alkyl carbamates (subject to hydrolysis) is 1. The molecule has 0 saturated carbocycles. The van der Waals surface area contributed by atoms with Gasteiger partial charge in [0.15, 0.2) is 0 Å². The second-order valence-electron chi connectivity index (χ2n) is 10.6. The van der Waals surface area contributed by atoms with Crippen LogP contribution in [0.4, 0.5) is 4.79 Å². The summed E-state index contributed by atoms with van der Waals surface area (Å²) in [6.45, 7) is 15.1. The molecule has 2 aromatic rings. The van der Waals surface area contributed by atoms with Crippen LogP contribution in [0.3, 0.4) is 0 Å². The second kappa shape index (κ2) is 13.3. The van der Waals surface area contributed by atoms with Gasteiger partial charge in [-0.25, -0.2) is 9.59 Å². The lowest BCUT2D eigenvalue weighted by molar-refractivity contribution is -0.158. The number of esters is 1. The minimum atomic E-state index is -0.828. The van der Waals surface area contributed by atoms with E-state index in [1.165, 1.54) is 0 Å². The molecule has 198 valence electrons. The number of benzene rings is 2. The molecule has 0 saturated heterocycles. The van der Waals surface area contributed by atoms with Crippen LogP contribution in [-0.2, 0) is 14.3 Å². The molecule has 6 nitrogen and oxygen atoms in total. The molecule has 0 aromatic heterocycles. The standard InChI is InChI=1S/C30H43NO5/c1-9-22(10-2)27(35-25-18-14-17-24(19-25)23-15-12-11-13-16-23)21(5)34-28(32)26(20(3)4)31-29(33)36-30(6,7)8/h11-22,26-27H,9-10H2,1-8H3,(H,31,33)/t21-,26-,27-/m0/s1. The Morgan fingerprint density at radius 3 is 2.06 bits per heavy atom. The molecule has 0 unspecified atom stereocenters. The second-order valence-corrected chi connectivity index (χ2v) is 10.6. The van der Waals surface area contributed by atoms with E-state index in [0.717, 1.165) is 29.7 Å². The molecule has 0 aliphatic heterocycles. The highest BCUT2D eigenvalue weighted by Crippen LogP contribution is 2.28. The van der Waals surface area contributed by atoms with Crippen molar-refractivity contribution in [2.45, 2.75) is 92.1 Å². The first-order chi connectivity index (χ1) is 16.9. The summed E-state index contributed by atoms with van der Waals surface area (Å²) in [6, 6.07) is 17.3. The number of carbonyl (C=O) groups is 2. The third-order valence-electron chi connectivity index (χ3n) is 6.08. The average Bonchev–Trinajstić information content (AvgIpc) is 2.82. The van der Waals surface area contributed by atoms with Crippen LogP contribution in [0.2, 0.25) is 0 Å². The van der Waals surface area contributed by atoms with Gasteiger partial charge in [-0.3, -0.25) is 0 Å². The van der Waals surface area contributed by atoms with Crippen molar-refractivity contribution < 1.29 is 23.8 Å². The van der Waals surface area contributed by atoms with Crippen LogP contribution >= 0.6 is 0 Å². The Hall–Kier alpha value is -3.02. The molecule has 0 aliphatic rings. The van der Waals surface area contributed by atoms with E-state index in [-0.39, 0.29) is 17.9 Å². The Balaban J connectivity index is 2.20. The summed E-state index contributed by atoms with van der Waals surface area (Å²) >= 11 is 0. The molecule has 0 radical (unpaired) electrons. The third-order valence-corrected chi connectivity index (χ3v) is 6.08. The first kappa shape index (κ1) is 29.2. The molecule has 36 heavy (non-hydrogen) atoms. The number of hydrogen-bond acceptors (Lipinski definition) is 5. The minimum absolute atomic E-state index is 0.174. The van der Waals surface area contributed by atoms with Gasteiger partial charge in [0.25, 0.3) is 0 Å². The highest BCUT2D eigenvalue weighted by atomic mass is 16.6. The zero-order valence-corrected chi connectivity index (χ0v) is 23.0. The van der Waals surface area contributed by atoms with Crippen LogP contribution < -0.4 is 10.1 Å². The molecule has 3 atom stereocenters. The maximum Gasteiger partial charge on any atom is 0.408 e. The van der Waals surface area contributed by atoms with E-state index in [2.05, 4.69) is 31.3 Å². The topological polar surface area (TPSA) is 73.9 Å². The quantitative estimate of drug-likeness (QED) is 0.338. The molecule has 0 fully saturated rings. The zero-order chi connectivity index (χ0) is 26.9. The summed E-state index contributed by atoms with van der Waals surface area (Å²) in [5, 5.41) is 2.67. The average molecular weight is 498 g/mol. The smallest absolute Gasteiger partial charge is 0.408 e. The van der Waals surface area contributed by atoms with Crippen LogP contribution in [0.5, 0.6) is 5.75 Å². The third kappa shape index (κ3) is 8.89. The van der Waals surface area contributed by atoms with Gasteiger partial charge in [-0.1, -0.05) is 70.2 Å². The van der Waals surface area contributed by atoms with Gasteiger partial charge in [0.05, 0.1) is 0 Å². The highest BCUT2D eigenvalue weighted by Gasteiger charge is 2.34. The van der Waals surface area contributed by atoms with E-state index in [1.807, 2.05) is 63.2 Å². The molecule has 6 heteroatoms. The van der Waals surface area contributed by atoms with Crippen LogP contribution in [0.25, 0.3) is 11.1 Å². The van der Waals surface area contributed by atoms with E-state index in [4.69, 9.17) is 14.2 Å². The van der Waals surface area contributed by atoms with Crippen LogP contribution in [-0.4, -0.2) is 35.9 Å². The van der Waals surface area contributed by atoms with Crippen molar-refractivity contribution in [2.75, 3.05) is 0 Å². The van der Waals surface area contributed by atoms with Gasteiger partial charge in [0.2, 0.25) is 0 Å². The van der Waals surface area contributed by atoms with Crippen molar-refractivity contribution in [3.63, 3.8) is 0 Å². The van der Waals surface area contributed by atoms with E-state index >= 15 is 0 Å². The number of hydrogen-bond donors (Lipinski definition) is 1. The van der Waals surface area contributed by atoms with Crippen LogP contribution in [0, 0.1) is 11.8 Å². The molecule has 1 amide bonds. The summed E-state index contributed by atoms with van der Waals surface area (Å²) in [6.07, 6.45) is 0.251. The molecular formula is C30H43NO5. The lowest BCUT2D eigenvalue weighted by atomic mass is 9.92. The maximum absolute atomic E-state index is 13.1. The van der Waals surface area contributed by atoms with Crippen molar-refractivity contribution in [2.24, 2.45) is 11.8 Å². The Labute approximate surface area is 216 Å². The predicted octanol–water partition coefficient (Wildman–Crippen LogP) is 7.02. The highest BCUT2D eigenvalue weighted by molar-refractivity contribution is 5.81. The summed E-state index contributed by atoms with van der Waals surface area (Å²) in [7, 11) is 0. The van der Waals surface area contributed by atoms with Crippen molar-refractivity contribution in [3.8, 4) is 16.9 Å². The maximum atomic E-state index is 13.1. The van der Waals surface area contributed by atoms with Crippen LogP contribution in [0.1, 0.15) is 68.2 Å². The molecule has 2 aromatic carbocycles. The van der Waals surface area contributed by atoms with Crippen molar-refractivity contribution in [3.05, 3.63) is 54.6 Å². The van der Waals surface area contributed by atoms with Gasteiger partial charge in [-0.05, 0) is 75.6 Å². The molecule has 2 rings (SSSR count). The van der Waals surface area contributed by atoms with Gasteiger partial charge in [0.1, 0.15) is 29.6 Å². The van der Waals surface area contributed by atoms with Gasteiger partial charge in [0, 0.05) is 0 Å². The number of carbonyl (C=O) groups excluding carboxylic acids is 2. The normalized spacial score (nSPS) is 14.2. The van der Waals surface area contributed by atoms with E-state index in [0.29, 0.717) is 0 Å². The number of nitrogens with one attached hydrogen (secondary N) is 1. The fourth-order valence-corrected chi connectivity index (χ4v) is 4.12. The Kier molecular flexibility index (Phi) is 10.8. The monoisotopic (exact) mass is 497 g/mol. The van der Waals surface area contributed by atoms with Crippen molar-refractivity contribution in [1.29, 1.82) is 0 Å². The first-order valence-electron chi connectivity index (χ1n) is 13.0. The fourth-order valence-electron chi connectivity index (χ4n) is 4.12. The SMILES string of the molecule is CCC(CC)[C@@H](Oc1cccc(-c2ccccc2)c1)[C@H](C)OC(=O)[C@@H](NC(=O)OC(C)(C)C)C(C)C. The van der Waals surface area contributed by atoms with Gasteiger partial charge >= 0.3 is 12.1 Å². The lowest BCUT2D eigenvalue weighted by Gasteiger charge is -2.32. The van der Waals surface area contributed by atoms with Crippen molar-refractivity contribution >= 4 is 12.1 Å². The Morgan fingerprint density at radius 2 is 1.50 bits per heavy atom. The van der Waals surface area contributed by atoms with Crippen LogP contribution in [0.15, 0.2) is 54.6 Å². The van der Waals surface area contributed by atoms with E-state index in [9.17, 15) is 9.59 Å². The summed E-state index contributed by atoms with van der Waals surface area (Å²) in [4.78, 5) is 25.5. The van der Waals surface area contributed by atoms with Gasteiger partial charge in [-0.15, -0.1) is 0 Å². The number of amides is 1. The molecular weight excluding hydrogens is 454 g/mol. The van der Waals surface area contributed by atoms with Crippen molar-refractivity contribution in [1.82, 2.24) is 5.32 Å².